The molecule has 8 heteroatoms. The van der Waals surface area contributed by atoms with Crippen LogP contribution >= 0.6 is 23.2 Å². The van der Waals surface area contributed by atoms with Crippen LogP contribution in [0.5, 0.6) is 0 Å². The van der Waals surface area contributed by atoms with Crippen LogP contribution in [0.4, 0.5) is 0 Å². The molecule has 1 saturated heterocycles. The molecule has 1 N–H and O–H groups in total. The number of morpholine rings is 1. The zero-order valence-electron chi connectivity index (χ0n) is 22.0. The summed E-state index contributed by atoms with van der Waals surface area (Å²) in [4.78, 5) is 15.7. The average Bonchev–Trinajstić information content (AvgIpc) is 3.64. The predicted octanol–water partition coefficient (Wildman–Crippen LogP) is 5.94. The Balaban J connectivity index is 1.55. The summed E-state index contributed by atoms with van der Waals surface area (Å²) in [5.41, 5.74) is 4.35. The highest BCUT2D eigenvalue weighted by Crippen LogP contribution is 2.47. The molecule has 1 saturated carbocycles. The van der Waals surface area contributed by atoms with Crippen molar-refractivity contribution in [3.05, 3.63) is 69.3 Å². The second-order valence-corrected chi connectivity index (χ2v) is 11.7. The quantitative estimate of drug-likeness (QED) is 0.399. The molecule has 0 atom stereocenters. The van der Waals surface area contributed by atoms with Gasteiger partial charge in [-0.1, -0.05) is 47.2 Å². The third-order valence-electron chi connectivity index (χ3n) is 6.54. The lowest BCUT2D eigenvalue weighted by Crippen LogP contribution is -2.41. The molecular weight excluding hydrogens is 519 g/mol. The minimum Gasteiger partial charge on any atom is -0.379 e. The normalized spacial score (nSPS) is 16.1. The number of aromatic nitrogens is 2. The number of nitrogens with zero attached hydrogens (tertiary/aromatic N) is 3. The highest BCUT2D eigenvalue weighted by molar-refractivity contribution is 6.32. The number of hydrogen-bond acceptors (Lipinski definition) is 4. The van der Waals surface area contributed by atoms with Gasteiger partial charge in [0.25, 0.3) is 5.91 Å². The Morgan fingerprint density at radius 1 is 1.11 bits per heavy atom. The Kier molecular flexibility index (Phi) is 7.83. The van der Waals surface area contributed by atoms with Crippen LogP contribution in [0.15, 0.2) is 42.5 Å². The van der Waals surface area contributed by atoms with Crippen LogP contribution in [-0.2, 0) is 4.74 Å². The van der Waals surface area contributed by atoms with E-state index in [1.807, 2.05) is 67.9 Å². The molecule has 2 aliphatic rings. The summed E-state index contributed by atoms with van der Waals surface area (Å²) in [5, 5.41) is 9.13. The first-order valence-electron chi connectivity index (χ1n) is 13.0. The van der Waals surface area contributed by atoms with Gasteiger partial charge in [-0.25, -0.2) is 4.68 Å². The molecule has 2 heterocycles. The van der Waals surface area contributed by atoms with Gasteiger partial charge in [-0.3, -0.25) is 9.69 Å². The monoisotopic (exact) mass is 550 g/mol. The van der Waals surface area contributed by atoms with Crippen molar-refractivity contribution in [1.82, 2.24) is 20.0 Å². The van der Waals surface area contributed by atoms with E-state index in [1.54, 1.807) is 0 Å². The number of amides is 1. The van der Waals surface area contributed by atoms with Crippen molar-refractivity contribution >= 4 is 29.1 Å². The molecule has 1 aliphatic heterocycles. The maximum atomic E-state index is 13.4. The Labute approximate surface area is 234 Å². The van der Waals surface area contributed by atoms with E-state index in [9.17, 15) is 4.79 Å². The average molecular weight is 552 g/mol. The highest BCUT2D eigenvalue weighted by atomic mass is 35.5. The van der Waals surface area contributed by atoms with Crippen molar-refractivity contribution in [3.63, 3.8) is 0 Å². The van der Waals surface area contributed by atoms with Crippen molar-refractivity contribution < 1.29 is 9.53 Å². The van der Waals surface area contributed by atoms with Crippen LogP contribution in [0.25, 0.3) is 16.9 Å². The van der Waals surface area contributed by atoms with Crippen molar-refractivity contribution in [2.24, 2.45) is 0 Å². The summed E-state index contributed by atoms with van der Waals surface area (Å²) in [6.07, 6.45) is 2.04. The molecule has 38 heavy (non-hydrogen) atoms. The summed E-state index contributed by atoms with van der Waals surface area (Å²) >= 11 is 13.0. The smallest absolute Gasteiger partial charge is 0.272 e. The number of hydrogen-bond donors (Lipinski definition) is 1. The van der Waals surface area contributed by atoms with E-state index in [0.717, 1.165) is 61.5 Å². The number of carbonyl (C=O) groups is 1. The van der Waals surface area contributed by atoms with Crippen molar-refractivity contribution in [2.45, 2.75) is 45.1 Å². The summed E-state index contributed by atoms with van der Waals surface area (Å²) in [7, 11) is 0. The Hall–Kier alpha value is -2.82. The third-order valence-corrected chi connectivity index (χ3v) is 7.10. The van der Waals surface area contributed by atoms with Gasteiger partial charge in [-0.05, 0) is 69.9 Å². The fourth-order valence-corrected chi connectivity index (χ4v) is 4.97. The van der Waals surface area contributed by atoms with Crippen LogP contribution in [-0.4, -0.2) is 59.0 Å². The summed E-state index contributed by atoms with van der Waals surface area (Å²) in [6.45, 7) is 9.89. The first kappa shape index (κ1) is 26.8. The van der Waals surface area contributed by atoms with Gasteiger partial charge in [-0.2, -0.15) is 5.10 Å². The van der Waals surface area contributed by atoms with E-state index in [2.05, 4.69) is 22.1 Å². The van der Waals surface area contributed by atoms with Gasteiger partial charge in [0, 0.05) is 40.3 Å². The fraction of sp³-hybridized carbons (Fsp3) is 0.400. The molecule has 0 unspecified atom stereocenters. The molecule has 0 bridgehead atoms. The van der Waals surface area contributed by atoms with Crippen molar-refractivity contribution in [3.8, 4) is 28.8 Å². The molecule has 5 rings (SSSR count). The molecule has 6 nitrogen and oxygen atoms in total. The Morgan fingerprint density at radius 3 is 2.45 bits per heavy atom. The van der Waals surface area contributed by atoms with Crippen molar-refractivity contribution in [1.29, 1.82) is 0 Å². The number of rotatable bonds is 5. The van der Waals surface area contributed by atoms with Gasteiger partial charge in [0.1, 0.15) is 0 Å². The second kappa shape index (κ2) is 11.1. The van der Waals surface area contributed by atoms with Crippen LogP contribution in [0.3, 0.4) is 0 Å². The van der Waals surface area contributed by atoms with Gasteiger partial charge in [0.05, 0.1) is 36.2 Å². The number of carbonyl (C=O) groups excluding carboxylic acids is 1. The summed E-state index contributed by atoms with van der Waals surface area (Å²) < 4.78 is 7.21. The zero-order chi connectivity index (χ0) is 26.9. The zero-order valence-corrected chi connectivity index (χ0v) is 23.5. The molecular formula is C30H32Cl2N4O2. The van der Waals surface area contributed by atoms with Crippen LogP contribution < -0.4 is 5.32 Å². The first-order chi connectivity index (χ1) is 18.2. The van der Waals surface area contributed by atoms with Gasteiger partial charge < -0.3 is 10.1 Å². The van der Waals surface area contributed by atoms with E-state index >= 15 is 0 Å². The number of halogens is 2. The molecule has 1 amide bonds. The molecule has 3 aromatic rings. The van der Waals surface area contributed by atoms with Crippen molar-refractivity contribution in [2.75, 3.05) is 32.8 Å². The number of benzene rings is 2. The first-order valence-corrected chi connectivity index (χ1v) is 13.8. The van der Waals surface area contributed by atoms with E-state index in [1.165, 1.54) is 0 Å². The van der Waals surface area contributed by atoms with E-state index < -0.39 is 0 Å². The van der Waals surface area contributed by atoms with E-state index in [-0.39, 0.29) is 17.4 Å². The maximum absolute atomic E-state index is 13.4. The lowest BCUT2D eigenvalue weighted by Gasteiger charge is -2.24. The number of nitrogens with one attached hydrogen (secondary N) is 1. The Morgan fingerprint density at radius 2 is 1.82 bits per heavy atom. The topological polar surface area (TPSA) is 59.4 Å². The van der Waals surface area contributed by atoms with Gasteiger partial charge in [0.15, 0.2) is 5.69 Å². The summed E-state index contributed by atoms with van der Waals surface area (Å²) in [5.74, 6) is 6.57. The highest BCUT2D eigenvalue weighted by Gasteiger charge is 2.36. The third kappa shape index (κ3) is 6.24. The lowest BCUT2D eigenvalue weighted by molar-refractivity contribution is 0.0443. The minimum absolute atomic E-state index is 0.185. The standard InChI is InChI=1S/C30H32Cl2N4O2/c1-30(2,3)33-29(37)27-26(21-7-8-21)28(22-9-11-23(31)12-10-22)36(34-27)25-13-6-20(19-24(25)32)5-4-14-35-15-17-38-18-16-35/h6,9-13,19,21H,7-8,14-18H2,1-3H3,(H,33,37). The largest absolute Gasteiger partial charge is 0.379 e. The number of ether oxygens (including phenoxy) is 1. The fourth-order valence-electron chi connectivity index (χ4n) is 4.59. The van der Waals surface area contributed by atoms with Crippen LogP contribution in [0.1, 0.15) is 61.1 Å². The Bertz CT molecular complexity index is 1390. The molecule has 0 radical (unpaired) electrons. The molecule has 0 spiro atoms. The molecule has 1 aromatic heterocycles. The van der Waals surface area contributed by atoms with Gasteiger partial charge >= 0.3 is 0 Å². The van der Waals surface area contributed by atoms with Gasteiger partial charge in [0.2, 0.25) is 0 Å². The second-order valence-electron chi connectivity index (χ2n) is 10.9. The predicted molar refractivity (Wildman–Crippen MR) is 152 cm³/mol. The molecule has 1 aliphatic carbocycles. The summed E-state index contributed by atoms with van der Waals surface area (Å²) in [6, 6.07) is 13.4. The maximum Gasteiger partial charge on any atom is 0.272 e. The lowest BCUT2D eigenvalue weighted by atomic mass is 10.0. The minimum atomic E-state index is -0.388. The van der Waals surface area contributed by atoms with Crippen LogP contribution in [0.2, 0.25) is 10.0 Å². The van der Waals surface area contributed by atoms with E-state index in [4.69, 9.17) is 33.0 Å². The van der Waals surface area contributed by atoms with E-state index in [0.29, 0.717) is 28.0 Å². The SMILES string of the molecule is CC(C)(C)NC(=O)c1nn(-c2ccc(C#CCN3CCOCC3)cc2Cl)c(-c2ccc(Cl)cc2)c1C1CC1. The van der Waals surface area contributed by atoms with Gasteiger partial charge in [-0.15, -0.1) is 0 Å². The van der Waals surface area contributed by atoms with Crippen LogP contribution in [0, 0.1) is 11.8 Å². The molecule has 2 fully saturated rings. The molecule has 2 aromatic carbocycles. The molecule has 198 valence electrons.